The zero-order valence-corrected chi connectivity index (χ0v) is 10.3. The van der Waals surface area contributed by atoms with Crippen molar-refractivity contribution in [2.75, 3.05) is 18.9 Å². The minimum Gasteiger partial charge on any atom is -0.462 e. The summed E-state index contributed by atoms with van der Waals surface area (Å²) in [6.45, 7) is 4.12. The average Bonchev–Trinajstić information content (AvgIpc) is 2.28. The van der Waals surface area contributed by atoms with Crippen LogP contribution in [0.15, 0.2) is 12.7 Å². The van der Waals surface area contributed by atoms with E-state index < -0.39 is 5.97 Å². The van der Waals surface area contributed by atoms with Crippen molar-refractivity contribution >= 4 is 24.5 Å². The maximum atomic E-state index is 11.2. The lowest BCUT2D eigenvalue weighted by atomic mass is 10.2. The fourth-order valence-electron chi connectivity index (χ4n) is 1.02. The molecule has 4 nitrogen and oxygen atoms in total. The van der Waals surface area contributed by atoms with Crippen LogP contribution in [-0.4, -0.2) is 30.8 Å². The molecule has 16 heavy (non-hydrogen) atoms. The van der Waals surface area contributed by atoms with E-state index in [0.717, 1.165) is 24.7 Å². The third-order valence-corrected chi connectivity index (χ3v) is 2.18. The maximum absolute atomic E-state index is 11.2. The molecular weight excluding hydrogens is 226 g/mol. The first-order valence-electron chi connectivity index (χ1n) is 5.37. The molecule has 0 spiro atoms. The molecule has 0 aliphatic carbocycles. The molecule has 0 heterocycles. The highest BCUT2D eigenvalue weighted by atomic mass is 32.1. The van der Waals surface area contributed by atoms with Crippen LogP contribution in [0.1, 0.15) is 25.7 Å². The third-order valence-electron chi connectivity index (χ3n) is 1.87. The molecule has 0 aliphatic heterocycles. The summed E-state index contributed by atoms with van der Waals surface area (Å²) >= 11 is 4.06. The van der Waals surface area contributed by atoms with Crippen LogP contribution in [0.25, 0.3) is 0 Å². The Morgan fingerprint density at radius 2 is 2.06 bits per heavy atom. The van der Waals surface area contributed by atoms with Gasteiger partial charge < -0.3 is 10.1 Å². The summed E-state index contributed by atoms with van der Waals surface area (Å²) in [5, 5.41) is 2.75. The van der Waals surface area contributed by atoms with Gasteiger partial charge in [0.1, 0.15) is 0 Å². The third kappa shape index (κ3) is 9.58. The fraction of sp³-hybridized carbons (Fsp3) is 0.636. The minimum atomic E-state index is -0.430. The highest BCUT2D eigenvalue weighted by molar-refractivity contribution is 7.80. The zero-order chi connectivity index (χ0) is 12.2. The van der Waals surface area contributed by atoms with Gasteiger partial charge in [0, 0.05) is 19.0 Å². The monoisotopic (exact) mass is 245 g/mol. The molecule has 0 atom stereocenters. The first kappa shape index (κ1) is 15.0. The van der Waals surface area contributed by atoms with E-state index in [0.29, 0.717) is 26.0 Å². The Morgan fingerprint density at radius 1 is 1.31 bits per heavy atom. The number of rotatable bonds is 9. The summed E-state index contributed by atoms with van der Waals surface area (Å²) in [7, 11) is 0. The number of hydrogen-bond acceptors (Lipinski definition) is 4. The Hall–Kier alpha value is -0.970. The molecule has 0 rings (SSSR count). The lowest BCUT2D eigenvalue weighted by Crippen LogP contribution is -2.25. The molecular formula is C11H19NO3S. The lowest BCUT2D eigenvalue weighted by Gasteiger charge is -2.05. The predicted molar refractivity (Wildman–Crippen MR) is 66.5 cm³/mol. The SMILES string of the molecule is C=CC(=O)OCCCNC(=O)CCCCS. The minimum absolute atomic E-state index is 0.0387. The number of esters is 1. The molecule has 0 aromatic carbocycles. The molecule has 0 radical (unpaired) electrons. The van der Waals surface area contributed by atoms with Crippen molar-refractivity contribution in [3.8, 4) is 0 Å². The van der Waals surface area contributed by atoms with Gasteiger partial charge in [0.15, 0.2) is 0 Å². The van der Waals surface area contributed by atoms with E-state index in [1.54, 1.807) is 0 Å². The number of carbonyl (C=O) groups is 2. The van der Waals surface area contributed by atoms with Crippen molar-refractivity contribution in [3.63, 3.8) is 0 Å². The van der Waals surface area contributed by atoms with Gasteiger partial charge in [-0.3, -0.25) is 4.79 Å². The molecule has 1 N–H and O–H groups in total. The van der Waals surface area contributed by atoms with Crippen LogP contribution < -0.4 is 5.32 Å². The van der Waals surface area contributed by atoms with Gasteiger partial charge in [-0.1, -0.05) is 6.58 Å². The maximum Gasteiger partial charge on any atom is 0.330 e. The van der Waals surface area contributed by atoms with E-state index in [9.17, 15) is 9.59 Å². The van der Waals surface area contributed by atoms with Gasteiger partial charge in [0.2, 0.25) is 5.91 Å². The largest absolute Gasteiger partial charge is 0.462 e. The van der Waals surface area contributed by atoms with Gasteiger partial charge in [-0.05, 0) is 25.0 Å². The van der Waals surface area contributed by atoms with E-state index in [-0.39, 0.29) is 5.91 Å². The van der Waals surface area contributed by atoms with Crippen molar-refractivity contribution in [2.45, 2.75) is 25.7 Å². The summed E-state index contributed by atoms with van der Waals surface area (Å²) in [5.74, 6) is 0.419. The van der Waals surface area contributed by atoms with E-state index in [4.69, 9.17) is 4.74 Å². The Labute approximate surface area is 102 Å². The molecule has 0 aromatic rings. The van der Waals surface area contributed by atoms with Gasteiger partial charge in [0.05, 0.1) is 6.61 Å². The van der Waals surface area contributed by atoms with Crippen molar-refractivity contribution < 1.29 is 14.3 Å². The second-order valence-corrected chi connectivity index (χ2v) is 3.70. The average molecular weight is 245 g/mol. The topological polar surface area (TPSA) is 55.4 Å². The van der Waals surface area contributed by atoms with Crippen LogP contribution in [0.3, 0.4) is 0 Å². The van der Waals surface area contributed by atoms with Crippen LogP contribution in [0.2, 0.25) is 0 Å². The van der Waals surface area contributed by atoms with Crippen LogP contribution in [0, 0.1) is 0 Å². The number of nitrogens with one attached hydrogen (secondary N) is 1. The first-order chi connectivity index (χ1) is 7.70. The van der Waals surface area contributed by atoms with Crippen LogP contribution in [0.5, 0.6) is 0 Å². The lowest BCUT2D eigenvalue weighted by molar-refractivity contribution is -0.137. The molecule has 0 saturated heterocycles. The Bertz CT molecular complexity index is 231. The number of unbranched alkanes of at least 4 members (excludes halogenated alkanes) is 1. The summed E-state index contributed by atoms with van der Waals surface area (Å²) in [6.07, 6.45) is 4.09. The normalized spacial score (nSPS) is 9.56. The molecule has 1 amide bonds. The van der Waals surface area contributed by atoms with Crippen molar-refractivity contribution in [3.05, 3.63) is 12.7 Å². The Morgan fingerprint density at radius 3 is 2.69 bits per heavy atom. The summed E-state index contributed by atoms with van der Waals surface area (Å²) in [4.78, 5) is 21.9. The van der Waals surface area contributed by atoms with E-state index in [2.05, 4.69) is 24.5 Å². The number of amides is 1. The van der Waals surface area contributed by atoms with Gasteiger partial charge >= 0.3 is 5.97 Å². The number of ether oxygens (including phenoxy) is 1. The zero-order valence-electron chi connectivity index (χ0n) is 9.41. The van der Waals surface area contributed by atoms with Gasteiger partial charge in [-0.2, -0.15) is 12.6 Å². The van der Waals surface area contributed by atoms with E-state index >= 15 is 0 Å². The van der Waals surface area contributed by atoms with Crippen LogP contribution in [-0.2, 0) is 14.3 Å². The quantitative estimate of drug-likeness (QED) is 0.279. The smallest absolute Gasteiger partial charge is 0.330 e. The van der Waals surface area contributed by atoms with Crippen molar-refractivity contribution in [1.29, 1.82) is 0 Å². The highest BCUT2D eigenvalue weighted by Gasteiger charge is 2.00. The number of hydrogen-bond donors (Lipinski definition) is 2. The molecule has 92 valence electrons. The number of carbonyl (C=O) groups excluding carboxylic acids is 2. The second-order valence-electron chi connectivity index (χ2n) is 3.26. The Kier molecular flexibility index (Phi) is 9.91. The number of thiol groups is 1. The molecule has 0 aromatic heterocycles. The van der Waals surface area contributed by atoms with Gasteiger partial charge in [-0.15, -0.1) is 0 Å². The van der Waals surface area contributed by atoms with Gasteiger partial charge in [0.25, 0.3) is 0 Å². The summed E-state index contributed by atoms with van der Waals surface area (Å²) < 4.78 is 4.75. The second kappa shape index (κ2) is 10.5. The molecule has 0 saturated carbocycles. The Balaban J connectivity index is 3.27. The predicted octanol–water partition coefficient (Wildman–Crippen LogP) is 1.32. The van der Waals surface area contributed by atoms with Crippen molar-refractivity contribution in [2.24, 2.45) is 0 Å². The first-order valence-corrected chi connectivity index (χ1v) is 6.00. The summed E-state index contributed by atoms with van der Waals surface area (Å²) in [6, 6.07) is 0. The van der Waals surface area contributed by atoms with Gasteiger partial charge in [-0.25, -0.2) is 4.79 Å². The molecule has 0 unspecified atom stereocenters. The molecule has 0 bridgehead atoms. The van der Waals surface area contributed by atoms with E-state index in [1.807, 2.05) is 0 Å². The standard InChI is InChI=1S/C11H19NO3S/c1-2-11(14)15-8-5-7-12-10(13)6-3-4-9-16/h2,16H,1,3-9H2,(H,12,13). The van der Waals surface area contributed by atoms with Crippen LogP contribution in [0.4, 0.5) is 0 Å². The van der Waals surface area contributed by atoms with Crippen molar-refractivity contribution in [1.82, 2.24) is 5.32 Å². The fourth-order valence-corrected chi connectivity index (χ4v) is 1.24. The molecule has 0 aliphatic rings. The van der Waals surface area contributed by atoms with E-state index in [1.165, 1.54) is 0 Å². The molecule has 0 fully saturated rings. The van der Waals surface area contributed by atoms with Crippen LogP contribution >= 0.6 is 12.6 Å². The summed E-state index contributed by atoms with van der Waals surface area (Å²) in [5.41, 5.74) is 0. The molecule has 5 heteroatoms. The highest BCUT2D eigenvalue weighted by Crippen LogP contribution is 1.96.